The monoisotopic (exact) mass is 313 g/mol. The fraction of sp³-hybridized carbons (Fsp3) is 0.375. The summed E-state index contributed by atoms with van der Waals surface area (Å²) in [4.78, 5) is 1.10. The van der Waals surface area contributed by atoms with Crippen LogP contribution in [-0.2, 0) is 6.18 Å². The third-order valence-corrected chi connectivity index (χ3v) is 4.14. The second-order valence-electron chi connectivity index (χ2n) is 4.96. The Morgan fingerprint density at radius 2 is 1.95 bits per heavy atom. The topological polar surface area (TPSA) is 12.0 Å². The maximum absolute atomic E-state index is 13.2. The van der Waals surface area contributed by atoms with E-state index in [-0.39, 0.29) is 5.56 Å². The quantitative estimate of drug-likeness (QED) is 0.803. The Balaban J connectivity index is 2.46. The highest BCUT2D eigenvalue weighted by Gasteiger charge is 2.35. The molecule has 1 aromatic heterocycles. The molecule has 1 atom stereocenters. The smallest absolute Gasteiger partial charge is 0.306 e. The minimum Gasteiger partial charge on any atom is -0.306 e. The van der Waals surface area contributed by atoms with E-state index in [1.807, 2.05) is 25.3 Å². The van der Waals surface area contributed by atoms with E-state index in [9.17, 15) is 13.2 Å². The van der Waals surface area contributed by atoms with Crippen molar-refractivity contribution in [2.24, 2.45) is 0 Å². The Kier molecular flexibility index (Phi) is 5.06. The van der Waals surface area contributed by atoms with Crippen molar-refractivity contribution in [1.82, 2.24) is 5.32 Å². The second-order valence-corrected chi connectivity index (χ2v) is 6.08. The van der Waals surface area contributed by atoms with Crippen LogP contribution in [0.2, 0.25) is 0 Å². The number of thiophene rings is 1. The number of benzene rings is 1. The van der Waals surface area contributed by atoms with Crippen LogP contribution in [0.3, 0.4) is 0 Å². The molecule has 0 aliphatic carbocycles. The number of halogens is 3. The van der Waals surface area contributed by atoms with Crippen LogP contribution in [0.5, 0.6) is 0 Å². The highest BCUT2D eigenvalue weighted by molar-refractivity contribution is 7.10. The molecule has 21 heavy (non-hydrogen) atoms. The van der Waals surface area contributed by atoms with Gasteiger partial charge in [0.1, 0.15) is 0 Å². The van der Waals surface area contributed by atoms with Crippen molar-refractivity contribution >= 4 is 11.3 Å². The molecule has 0 aliphatic rings. The van der Waals surface area contributed by atoms with E-state index in [1.54, 1.807) is 23.5 Å². The molecule has 0 bridgehead atoms. The van der Waals surface area contributed by atoms with E-state index >= 15 is 0 Å². The van der Waals surface area contributed by atoms with Crippen LogP contribution >= 0.6 is 11.3 Å². The highest BCUT2D eigenvalue weighted by Crippen LogP contribution is 2.37. The molecule has 0 amide bonds. The number of hydrogen-bond acceptors (Lipinski definition) is 2. The summed E-state index contributed by atoms with van der Waals surface area (Å²) < 4.78 is 39.7. The zero-order chi connectivity index (χ0) is 15.5. The molecule has 1 unspecified atom stereocenters. The van der Waals surface area contributed by atoms with E-state index in [2.05, 4.69) is 5.32 Å². The highest BCUT2D eigenvalue weighted by atomic mass is 32.1. The molecule has 0 saturated carbocycles. The first kappa shape index (κ1) is 16.0. The van der Waals surface area contributed by atoms with E-state index in [0.29, 0.717) is 6.54 Å². The van der Waals surface area contributed by atoms with Gasteiger partial charge >= 0.3 is 6.18 Å². The molecule has 2 rings (SSSR count). The predicted octanol–water partition coefficient (Wildman–Crippen LogP) is 5.16. The zero-order valence-electron chi connectivity index (χ0n) is 12.0. The van der Waals surface area contributed by atoms with Gasteiger partial charge in [0.25, 0.3) is 0 Å². The minimum atomic E-state index is -4.34. The van der Waals surface area contributed by atoms with Gasteiger partial charge in [-0.15, -0.1) is 11.3 Å². The number of nitrogens with one attached hydrogen (secondary N) is 1. The van der Waals surface area contributed by atoms with Gasteiger partial charge in [-0.2, -0.15) is 13.2 Å². The maximum Gasteiger partial charge on any atom is 0.416 e. The normalized spacial score (nSPS) is 13.4. The minimum absolute atomic E-state index is 0.288. The first-order valence-corrected chi connectivity index (χ1v) is 7.76. The lowest BCUT2D eigenvalue weighted by molar-refractivity contribution is -0.138. The number of alkyl halides is 3. The van der Waals surface area contributed by atoms with E-state index in [4.69, 9.17) is 0 Å². The lowest BCUT2D eigenvalue weighted by atomic mass is 9.95. The van der Waals surface area contributed by atoms with Gasteiger partial charge in [-0.3, -0.25) is 0 Å². The van der Waals surface area contributed by atoms with Crippen LogP contribution in [0, 0.1) is 6.92 Å². The van der Waals surface area contributed by atoms with Crippen molar-refractivity contribution in [1.29, 1.82) is 0 Å². The van der Waals surface area contributed by atoms with Crippen molar-refractivity contribution in [2.45, 2.75) is 32.5 Å². The van der Waals surface area contributed by atoms with Crippen LogP contribution in [-0.4, -0.2) is 6.54 Å². The summed E-state index contributed by atoms with van der Waals surface area (Å²) in [5, 5.41) is 5.16. The second kappa shape index (κ2) is 6.62. The van der Waals surface area contributed by atoms with Gasteiger partial charge in [0.2, 0.25) is 0 Å². The zero-order valence-corrected chi connectivity index (χ0v) is 12.8. The Bertz CT molecular complexity index is 589. The molecular weight excluding hydrogens is 295 g/mol. The lowest BCUT2D eigenvalue weighted by Crippen LogP contribution is -2.25. The summed E-state index contributed by atoms with van der Waals surface area (Å²) in [6.45, 7) is 4.63. The Hall–Kier alpha value is -1.33. The Morgan fingerprint density at radius 1 is 1.24 bits per heavy atom. The average Bonchev–Trinajstić information content (AvgIpc) is 2.85. The fourth-order valence-electron chi connectivity index (χ4n) is 2.32. The molecule has 1 N–H and O–H groups in total. The third-order valence-electron chi connectivity index (χ3n) is 3.26. The maximum atomic E-state index is 13.2. The standard InChI is InChI=1S/C16H18F3NS/c1-3-8-20-15(12-9-11(2)21-10-12)13-6-4-5-7-14(13)16(17,18)19/h4-7,9-10,15,20H,3,8H2,1-2H3. The molecule has 1 heterocycles. The molecule has 0 spiro atoms. The van der Waals surface area contributed by atoms with Crippen LogP contribution in [0.4, 0.5) is 13.2 Å². The van der Waals surface area contributed by atoms with Gasteiger partial charge < -0.3 is 5.32 Å². The van der Waals surface area contributed by atoms with Gasteiger partial charge in [-0.1, -0.05) is 25.1 Å². The molecule has 2 aromatic rings. The largest absolute Gasteiger partial charge is 0.416 e. The predicted molar refractivity (Wildman–Crippen MR) is 80.6 cm³/mol. The van der Waals surface area contributed by atoms with Crippen LogP contribution in [0.15, 0.2) is 35.7 Å². The molecule has 0 radical (unpaired) electrons. The molecule has 1 nitrogen and oxygen atoms in total. The van der Waals surface area contributed by atoms with Crippen LogP contribution < -0.4 is 5.32 Å². The van der Waals surface area contributed by atoms with Gasteiger partial charge in [0.05, 0.1) is 11.6 Å². The van der Waals surface area contributed by atoms with Crippen molar-refractivity contribution in [3.8, 4) is 0 Å². The molecular formula is C16H18F3NS. The Morgan fingerprint density at radius 3 is 2.52 bits per heavy atom. The van der Waals surface area contributed by atoms with Crippen molar-refractivity contribution in [3.05, 3.63) is 57.3 Å². The Labute approximate surface area is 126 Å². The van der Waals surface area contributed by atoms with Gasteiger partial charge in [0.15, 0.2) is 0 Å². The summed E-state index contributed by atoms with van der Waals surface area (Å²) in [6, 6.07) is 7.32. The van der Waals surface area contributed by atoms with E-state index < -0.39 is 17.8 Å². The van der Waals surface area contributed by atoms with E-state index in [1.165, 1.54) is 6.07 Å². The number of aryl methyl sites for hydroxylation is 1. The van der Waals surface area contributed by atoms with Crippen molar-refractivity contribution < 1.29 is 13.2 Å². The fourth-order valence-corrected chi connectivity index (χ4v) is 3.05. The molecule has 0 fully saturated rings. The molecule has 114 valence electrons. The number of rotatable bonds is 5. The summed E-state index contributed by atoms with van der Waals surface area (Å²) in [7, 11) is 0. The van der Waals surface area contributed by atoms with Gasteiger partial charge in [0, 0.05) is 4.88 Å². The molecule has 1 aromatic carbocycles. The molecule has 5 heteroatoms. The molecule has 0 saturated heterocycles. The first-order chi connectivity index (χ1) is 9.93. The summed E-state index contributed by atoms with van der Waals surface area (Å²) in [5.41, 5.74) is 0.612. The number of hydrogen-bond donors (Lipinski definition) is 1. The van der Waals surface area contributed by atoms with Crippen molar-refractivity contribution in [2.75, 3.05) is 6.54 Å². The summed E-state index contributed by atoms with van der Waals surface area (Å²) in [6.07, 6.45) is -3.47. The molecule has 0 aliphatic heterocycles. The van der Waals surface area contributed by atoms with E-state index in [0.717, 1.165) is 22.9 Å². The van der Waals surface area contributed by atoms with Gasteiger partial charge in [-0.25, -0.2) is 0 Å². The average molecular weight is 313 g/mol. The van der Waals surface area contributed by atoms with Crippen LogP contribution in [0.1, 0.15) is 41.0 Å². The lowest BCUT2D eigenvalue weighted by Gasteiger charge is -2.22. The third kappa shape index (κ3) is 3.86. The van der Waals surface area contributed by atoms with Gasteiger partial charge in [-0.05, 0) is 48.5 Å². The SMILES string of the molecule is CCCNC(c1csc(C)c1)c1ccccc1C(F)(F)F. The first-order valence-electron chi connectivity index (χ1n) is 6.88. The summed E-state index contributed by atoms with van der Waals surface area (Å²) in [5.74, 6) is 0. The summed E-state index contributed by atoms with van der Waals surface area (Å²) >= 11 is 1.55. The van der Waals surface area contributed by atoms with Crippen molar-refractivity contribution in [3.63, 3.8) is 0 Å². The van der Waals surface area contributed by atoms with Crippen LogP contribution in [0.25, 0.3) is 0 Å².